The number of carbonyl (C=O) groups excluding carboxylic acids is 3. The Kier molecular flexibility index (Phi) is 6.85. The van der Waals surface area contributed by atoms with Crippen LogP contribution >= 0.6 is 0 Å². The summed E-state index contributed by atoms with van der Waals surface area (Å²) in [5.74, 6) is -1.32. The summed E-state index contributed by atoms with van der Waals surface area (Å²) in [5.41, 5.74) is 1.71. The maximum absolute atomic E-state index is 13.4. The predicted molar refractivity (Wildman–Crippen MR) is 120 cm³/mol. The van der Waals surface area contributed by atoms with Gasteiger partial charge in [0.25, 0.3) is 17.7 Å². The van der Waals surface area contributed by atoms with Crippen LogP contribution in [0.4, 0.5) is 4.39 Å². The second-order valence-corrected chi connectivity index (χ2v) is 8.77. The first-order valence-electron chi connectivity index (χ1n) is 11.1. The molecule has 1 unspecified atom stereocenters. The van der Waals surface area contributed by atoms with Gasteiger partial charge >= 0.3 is 0 Å². The highest BCUT2D eigenvalue weighted by atomic mass is 19.1. The maximum Gasteiger partial charge on any atom is 0.261 e. The van der Waals surface area contributed by atoms with E-state index in [-0.39, 0.29) is 35.8 Å². The number of benzene rings is 2. The Labute approximate surface area is 192 Å². The van der Waals surface area contributed by atoms with E-state index in [1.54, 1.807) is 29.2 Å². The fourth-order valence-electron chi connectivity index (χ4n) is 4.15. The van der Waals surface area contributed by atoms with Gasteiger partial charge in [-0.15, -0.1) is 0 Å². The van der Waals surface area contributed by atoms with Crippen LogP contribution in [0.5, 0.6) is 0 Å². The van der Waals surface area contributed by atoms with Gasteiger partial charge in [0.05, 0.1) is 23.8 Å². The van der Waals surface area contributed by atoms with E-state index in [0.717, 1.165) is 18.4 Å². The minimum absolute atomic E-state index is 0.134. The van der Waals surface area contributed by atoms with Crippen molar-refractivity contribution < 1.29 is 23.5 Å². The number of fused-ring (bicyclic) bond motifs is 1. The first-order valence-corrected chi connectivity index (χ1v) is 11.1. The molecule has 2 aliphatic rings. The molecule has 2 heterocycles. The number of hydrogen-bond acceptors (Lipinski definition) is 5. The largest absolute Gasteiger partial charge is 0.376 e. The van der Waals surface area contributed by atoms with E-state index >= 15 is 0 Å². The van der Waals surface area contributed by atoms with E-state index in [4.69, 9.17) is 4.74 Å². The second kappa shape index (κ2) is 9.80. The van der Waals surface area contributed by atoms with Gasteiger partial charge in [-0.3, -0.25) is 19.3 Å². The average molecular weight is 454 g/mol. The lowest BCUT2D eigenvalue weighted by Gasteiger charge is -2.25. The van der Waals surface area contributed by atoms with Crippen LogP contribution in [0.2, 0.25) is 0 Å². The monoisotopic (exact) mass is 453 g/mol. The fourth-order valence-corrected chi connectivity index (χ4v) is 4.15. The molecule has 2 aromatic carbocycles. The van der Waals surface area contributed by atoms with Crippen molar-refractivity contribution in [3.05, 3.63) is 70.5 Å². The molecule has 33 heavy (non-hydrogen) atoms. The third kappa shape index (κ3) is 5.12. The van der Waals surface area contributed by atoms with E-state index < -0.39 is 5.91 Å². The van der Waals surface area contributed by atoms with Crippen molar-refractivity contribution in [2.75, 3.05) is 40.3 Å². The quantitative estimate of drug-likeness (QED) is 0.575. The summed E-state index contributed by atoms with van der Waals surface area (Å²) >= 11 is 0. The number of amides is 3. The third-order valence-corrected chi connectivity index (χ3v) is 6.02. The number of carbonyl (C=O) groups is 3. The summed E-state index contributed by atoms with van der Waals surface area (Å²) in [7, 11) is 3.84. The Bertz CT molecular complexity index is 1050. The van der Waals surface area contributed by atoms with Crippen LogP contribution in [-0.4, -0.2) is 78.9 Å². The summed E-state index contributed by atoms with van der Waals surface area (Å²) in [4.78, 5) is 44.0. The molecule has 4 rings (SSSR count). The standard InChI is InChI=1S/C25H28FN3O4/c1-27(2)11-12-28(15-17-5-8-19(26)9-6-17)23(30)18-7-10-21-22(14-18)25(32)29(24(21)31)16-20-4-3-13-33-20/h5-10,14,20H,3-4,11-13,15-16H2,1-2H3. The van der Waals surface area contributed by atoms with Gasteiger partial charge in [-0.1, -0.05) is 12.1 Å². The Hall–Kier alpha value is -3.10. The van der Waals surface area contributed by atoms with Gasteiger partial charge < -0.3 is 14.5 Å². The molecular weight excluding hydrogens is 425 g/mol. The minimum Gasteiger partial charge on any atom is -0.376 e. The Morgan fingerprint density at radius 2 is 1.79 bits per heavy atom. The Morgan fingerprint density at radius 1 is 1.06 bits per heavy atom. The molecule has 0 spiro atoms. The Balaban J connectivity index is 1.55. The van der Waals surface area contributed by atoms with Gasteiger partial charge in [0.1, 0.15) is 5.82 Å². The number of halogens is 1. The normalized spacial score (nSPS) is 17.7. The first kappa shape index (κ1) is 23.1. The van der Waals surface area contributed by atoms with Crippen LogP contribution in [0.3, 0.4) is 0 Å². The number of imide groups is 1. The van der Waals surface area contributed by atoms with E-state index in [1.165, 1.54) is 23.1 Å². The topological polar surface area (TPSA) is 70.2 Å². The lowest BCUT2D eigenvalue weighted by Crippen LogP contribution is -2.36. The van der Waals surface area contributed by atoms with Crippen molar-refractivity contribution in [1.82, 2.24) is 14.7 Å². The number of ether oxygens (including phenoxy) is 1. The molecule has 7 nitrogen and oxygen atoms in total. The second-order valence-electron chi connectivity index (χ2n) is 8.77. The lowest BCUT2D eigenvalue weighted by molar-refractivity contribution is 0.0475. The van der Waals surface area contributed by atoms with E-state index in [2.05, 4.69) is 0 Å². The average Bonchev–Trinajstić information content (AvgIpc) is 3.40. The molecule has 0 bridgehead atoms. The van der Waals surface area contributed by atoms with Gasteiger partial charge in [0, 0.05) is 31.8 Å². The molecule has 2 aromatic rings. The van der Waals surface area contributed by atoms with Gasteiger partial charge in [-0.05, 0) is 62.8 Å². The smallest absolute Gasteiger partial charge is 0.261 e. The van der Waals surface area contributed by atoms with Crippen molar-refractivity contribution in [3.8, 4) is 0 Å². The molecule has 0 aromatic heterocycles. The van der Waals surface area contributed by atoms with Crippen molar-refractivity contribution in [1.29, 1.82) is 0 Å². The van der Waals surface area contributed by atoms with Gasteiger partial charge in [-0.2, -0.15) is 0 Å². The highest BCUT2D eigenvalue weighted by Crippen LogP contribution is 2.26. The molecule has 0 N–H and O–H groups in total. The summed E-state index contributed by atoms with van der Waals surface area (Å²) < 4.78 is 18.9. The van der Waals surface area contributed by atoms with Crippen LogP contribution < -0.4 is 0 Å². The highest BCUT2D eigenvalue weighted by Gasteiger charge is 2.38. The van der Waals surface area contributed by atoms with Crippen LogP contribution in [0, 0.1) is 5.82 Å². The maximum atomic E-state index is 13.4. The zero-order valence-electron chi connectivity index (χ0n) is 18.9. The van der Waals surface area contributed by atoms with E-state index in [1.807, 2.05) is 19.0 Å². The van der Waals surface area contributed by atoms with E-state index in [0.29, 0.717) is 37.4 Å². The molecular formula is C25H28FN3O4. The number of rotatable bonds is 8. The zero-order chi connectivity index (χ0) is 23.5. The van der Waals surface area contributed by atoms with Crippen LogP contribution in [0.1, 0.15) is 49.5 Å². The van der Waals surface area contributed by atoms with Gasteiger partial charge in [0.15, 0.2) is 0 Å². The minimum atomic E-state index is -0.390. The molecule has 2 aliphatic heterocycles. The molecule has 1 fully saturated rings. The molecule has 3 amide bonds. The number of hydrogen-bond donors (Lipinski definition) is 0. The summed E-state index contributed by atoms with van der Waals surface area (Å²) in [6.07, 6.45) is 1.61. The molecule has 0 saturated carbocycles. The SMILES string of the molecule is CN(C)CCN(Cc1ccc(F)cc1)C(=O)c1ccc2c(c1)C(=O)N(CC1CCCO1)C2=O. The van der Waals surface area contributed by atoms with Gasteiger partial charge in [-0.25, -0.2) is 4.39 Å². The molecule has 0 aliphatic carbocycles. The molecule has 8 heteroatoms. The molecule has 0 radical (unpaired) electrons. The summed E-state index contributed by atoms with van der Waals surface area (Å²) in [6, 6.07) is 10.7. The Morgan fingerprint density at radius 3 is 2.45 bits per heavy atom. The zero-order valence-corrected chi connectivity index (χ0v) is 18.9. The predicted octanol–water partition coefficient (Wildman–Crippen LogP) is 2.80. The number of nitrogens with zero attached hydrogens (tertiary/aromatic N) is 3. The highest BCUT2D eigenvalue weighted by molar-refractivity contribution is 6.22. The van der Waals surface area contributed by atoms with Crippen LogP contribution in [0.25, 0.3) is 0 Å². The van der Waals surface area contributed by atoms with Crippen LogP contribution in [0.15, 0.2) is 42.5 Å². The lowest BCUT2D eigenvalue weighted by atomic mass is 10.0. The van der Waals surface area contributed by atoms with Crippen LogP contribution in [-0.2, 0) is 11.3 Å². The molecule has 174 valence electrons. The number of likely N-dealkylation sites (N-methyl/N-ethyl adjacent to an activating group) is 1. The third-order valence-electron chi connectivity index (χ3n) is 6.02. The molecule has 1 saturated heterocycles. The fraction of sp³-hybridized carbons (Fsp3) is 0.400. The molecule has 1 atom stereocenters. The summed E-state index contributed by atoms with van der Waals surface area (Å²) in [6.45, 7) is 2.28. The summed E-state index contributed by atoms with van der Waals surface area (Å²) in [5, 5.41) is 0. The van der Waals surface area contributed by atoms with Crippen molar-refractivity contribution in [2.45, 2.75) is 25.5 Å². The van der Waals surface area contributed by atoms with Crippen molar-refractivity contribution >= 4 is 17.7 Å². The van der Waals surface area contributed by atoms with Crippen molar-refractivity contribution in [3.63, 3.8) is 0 Å². The van der Waals surface area contributed by atoms with E-state index in [9.17, 15) is 18.8 Å². The first-order chi connectivity index (χ1) is 15.8. The van der Waals surface area contributed by atoms with Crippen molar-refractivity contribution in [2.24, 2.45) is 0 Å². The van der Waals surface area contributed by atoms with Gasteiger partial charge in [0.2, 0.25) is 0 Å².